The molecule has 0 radical (unpaired) electrons. The van der Waals surface area contributed by atoms with Crippen LogP contribution in [0.4, 0.5) is 4.39 Å². The molecule has 0 amide bonds. The average Bonchev–Trinajstić information content (AvgIpc) is 3.26. The van der Waals surface area contributed by atoms with Crippen molar-refractivity contribution in [1.82, 2.24) is 4.72 Å². The van der Waals surface area contributed by atoms with Gasteiger partial charge in [0.25, 0.3) is 0 Å². The predicted molar refractivity (Wildman–Crippen MR) is 77.5 cm³/mol. The summed E-state index contributed by atoms with van der Waals surface area (Å²) in [5, 5.41) is 8.56. The monoisotopic (exact) mass is 311 g/mol. The number of rotatable bonds is 6. The minimum atomic E-state index is -3.69. The average molecular weight is 311 g/mol. The molecular formula is C15H18FNO3S. The Bertz CT molecular complexity index is 657. The van der Waals surface area contributed by atoms with Gasteiger partial charge in [-0.05, 0) is 37.0 Å². The summed E-state index contributed by atoms with van der Waals surface area (Å²) >= 11 is 0. The normalized spacial score (nSPS) is 14.6. The number of nitrogens with one attached hydrogen (secondary N) is 1. The summed E-state index contributed by atoms with van der Waals surface area (Å²) in [6.07, 6.45) is 4.32. The first kappa shape index (κ1) is 16.0. The molecule has 0 spiro atoms. The first-order valence-electron chi connectivity index (χ1n) is 6.92. The molecule has 0 bridgehead atoms. The van der Waals surface area contributed by atoms with E-state index in [2.05, 4.69) is 16.6 Å². The minimum Gasteiger partial charge on any atom is -0.384 e. The fraction of sp³-hybridized carbons (Fsp3) is 0.467. The quantitative estimate of drug-likeness (QED) is 0.620. The first-order valence-corrected chi connectivity index (χ1v) is 8.40. The Labute approximate surface area is 124 Å². The van der Waals surface area contributed by atoms with Crippen LogP contribution in [0.5, 0.6) is 0 Å². The summed E-state index contributed by atoms with van der Waals surface area (Å²) in [4.78, 5) is -0.110. The van der Waals surface area contributed by atoms with E-state index in [9.17, 15) is 12.8 Å². The second kappa shape index (κ2) is 7.03. The van der Waals surface area contributed by atoms with Crippen LogP contribution in [-0.2, 0) is 10.0 Å². The van der Waals surface area contributed by atoms with Crippen LogP contribution in [0.3, 0.4) is 0 Å². The van der Waals surface area contributed by atoms with Crippen LogP contribution in [0, 0.1) is 23.6 Å². The molecular weight excluding hydrogens is 293 g/mol. The number of aliphatic hydroxyl groups is 1. The van der Waals surface area contributed by atoms with Gasteiger partial charge in [-0.1, -0.05) is 24.7 Å². The van der Waals surface area contributed by atoms with E-state index in [1.165, 1.54) is 25.0 Å². The molecule has 6 heteroatoms. The predicted octanol–water partition coefficient (Wildman–Crippen LogP) is 1.64. The Balaban J connectivity index is 1.99. The highest BCUT2D eigenvalue weighted by Gasteiger charge is 2.21. The van der Waals surface area contributed by atoms with Gasteiger partial charge in [0.1, 0.15) is 12.4 Å². The molecule has 2 rings (SSSR count). The van der Waals surface area contributed by atoms with Crippen LogP contribution in [-0.4, -0.2) is 26.7 Å². The van der Waals surface area contributed by atoms with Crippen molar-refractivity contribution in [2.45, 2.75) is 30.6 Å². The van der Waals surface area contributed by atoms with Crippen LogP contribution in [0.15, 0.2) is 23.1 Å². The Hall–Kier alpha value is -1.42. The fourth-order valence-electron chi connectivity index (χ4n) is 1.99. The van der Waals surface area contributed by atoms with Crippen molar-refractivity contribution < 1.29 is 17.9 Å². The fourth-order valence-corrected chi connectivity index (χ4v) is 3.07. The number of benzene rings is 1. The molecule has 0 unspecified atom stereocenters. The first-order chi connectivity index (χ1) is 10.0. The van der Waals surface area contributed by atoms with E-state index >= 15 is 0 Å². The maximum atomic E-state index is 13.7. The molecule has 0 heterocycles. The summed E-state index contributed by atoms with van der Waals surface area (Å²) < 4.78 is 40.2. The van der Waals surface area contributed by atoms with Crippen molar-refractivity contribution >= 4 is 10.0 Å². The Morgan fingerprint density at radius 3 is 2.76 bits per heavy atom. The van der Waals surface area contributed by atoms with Crippen molar-refractivity contribution in [3.63, 3.8) is 0 Å². The van der Waals surface area contributed by atoms with Gasteiger partial charge in [0.2, 0.25) is 10.0 Å². The maximum absolute atomic E-state index is 13.7. The Kier molecular flexibility index (Phi) is 5.34. The highest BCUT2D eigenvalue weighted by Crippen LogP contribution is 2.33. The van der Waals surface area contributed by atoms with E-state index in [0.717, 1.165) is 24.8 Å². The van der Waals surface area contributed by atoms with E-state index in [1.54, 1.807) is 0 Å². The Morgan fingerprint density at radius 1 is 1.38 bits per heavy atom. The summed E-state index contributed by atoms with van der Waals surface area (Å²) in [5.41, 5.74) is 0.0664. The van der Waals surface area contributed by atoms with Gasteiger partial charge < -0.3 is 5.11 Å². The lowest BCUT2D eigenvalue weighted by Crippen LogP contribution is -2.25. The van der Waals surface area contributed by atoms with Gasteiger partial charge in [-0.3, -0.25) is 0 Å². The molecule has 0 atom stereocenters. The van der Waals surface area contributed by atoms with Gasteiger partial charge in [0, 0.05) is 6.54 Å². The van der Waals surface area contributed by atoms with Crippen molar-refractivity contribution in [2.75, 3.05) is 13.2 Å². The number of halogens is 1. The van der Waals surface area contributed by atoms with Crippen molar-refractivity contribution in [3.05, 3.63) is 29.6 Å². The molecule has 114 valence electrons. The van der Waals surface area contributed by atoms with Crippen molar-refractivity contribution in [1.29, 1.82) is 0 Å². The molecule has 0 aromatic heterocycles. The largest absolute Gasteiger partial charge is 0.384 e. The topological polar surface area (TPSA) is 66.4 Å². The number of hydrogen-bond donors (Lipinski definition) is 2. The van der Waals surface area contributed by atoms with Crippen LogP contribution in [0.25, 0.3) is 0 Å². The molecule has 1 saturated carbocycles. The molecule has 0 aliphatic heterocycles. The number of hydrogen-bond acceptors (Lipinski definition) is 3. The highest BCUT2D eigenvalue weighted by molar-refractivity contribution is 7.89. The second-order valence-electron chi connectivity index (χ2n) is 5.08. The lowest BCUT2D eigenvalue weighted by Gasteiger charge is -2.07. The van der Waals surface area contributed by atoms with E-state index in [0.29, 0.717) is 6.54 Å². The van der Waals surface area contributed by atoms with E-state index in [-0.39, 0.29) is 17.1 Å². The van der Waals surface area contributed by atoms with Gasteiger partial charge in [0.05, 0.1) is 10.5 Å². The molecule has 1 aromatic carbocycles. The zero-order valence-electron chi connectivity index (χ0n) is 11.6. The maximum Gasteiger partial charge on any atom is 0.240 e. The highest BCUT2D eigenvalue weighted by atomic mass is 32.2. The third-order valence-electron chi connectivity index (χ3n) is 3.33. The summed E-state index contributed by atoms with van der Waals surface area (Å²) in [7, 11) is -3.69. The van der Waals surface area contributed by atoms with Crippen LogP contribution in [0.2, 0.25) is 0 Å². The summed E-state index contributed by atoms with van der Waals surface area (Å²) in [5.74, 6) is 4.79. The molecule has 1 aliphatic rings. The molecule has 2 N–H and O–H groups in total. The van der Waals surface area contributed by atoms with Gasteiger partial charge in [-0.2, -0.15) is 0 Å². The lowest BCUT2D eigenvalue weighted by atomic mass is 10.2. The van der Waals surface area contributed by atoms with E-state index < -0.39 is 15.8 Å². The standard InChI is InChI=1S/C15H18FNO3S/c16-15-11-14(8-7-13(15)4-2-10-18)21(19,20)17-9-1-3-12-5-6-12/h7-8,11-12,17-18H,1,3,5-6,9-10H2. The number of sulfonamides is 1. The third kappa shape index (κ3) is 4.81. The Morgan fingerprint density at radius 2 is 2.14 bits per heavy atom. The SMILES string of the molecule is O=S(=O)(NCCCC1CC1)c1ccc(C#CCO)c(F)c1. The third-order valence-corrected chi connectivity index (χ3v) is 4.79. The van der Waals surface area contributed by atoms with E-state index in [4.69, 9.17) is 5.11 Å². The zero-order chi connectivity index (χ0) is 15.3. The van der Waals surface area contributed by atoms with Crippen LogP contribution >= 0.6 is 0 Å². The molecule has 1 aliphatic carbocycles. The zero-order valence-corrected chi connectivity index (χ0v) is 12.4. The number of aliphatic hydroxyl groups excluding tert-OH is 1. The van der Waals surface area contributed by atoms with Gasteiger partial charge in [-0.25, -0.2) is 17.5 Å². The smallest absolute Gasteiger partial charge is 0.240 e. The molecule has 0 saturated heterocycles. The molecule has 4 nitrogen and oxygen atoms in total. The van der Waals surface area contributed by atoms with Gasteiger partial charge >= 0.3 is 0 Å². The van der Waals surface area contributed by atoms with Gasteiger partial charge in [-0.15, -0.1) is 0 Å². The molecule has 1 aromatic rings. The minimum absolute atomic E-state index is 0.0664. The molecule has 21 heavy (non-hydrogen) atoms. The van der Waals surface area contributed by atoms with Crippen molar-refractivity contribution in [3.8, 4) is 11.8 Å². The second-order valence-corrected chi connectivity index (χ2v) is 6.85. The molecule has 1 fully saturated rings. The van der Waals surface area contributed by atoms with Crippen LogP contribution in [0.1, 0.15) is 31.2 Å². The van der Waals surface area contributed by atoms with Gasteiger partial charge in [0.15, 0.2) is 0 Å². The van der Waals surface area contributed by atoms with E-state index in [1.807, 2.05) is 0 Å². The lowest BCUT2D eigenvalue weighted by molar-refractivity contribution is 0.350. The summed E-state index contributed by atoms with van der Waals surface area (Å²) in [6, 6.07) is 3.56. The van der Waals surface area contributed by atoms with Crippen molar-refractivity contribution in [2.24, 2.45) is 5.92 Å². The summed E-state index contributed by atoms with van der Waals surface area (Å²) in [6.45, 7) is -0.00540. The van der Waals surface area contributed by atoms with Crippen LogP contribution < -0.4 is 4.72 Å².